The topological polar surface area (TPSA) is 15.3 Å². The van der Waals surface area contributed by atoms with Crippen LogP contribution in [0.1, 0.15) is 38.7 Å². The van der Waals surface area contributed by atoms with E-state index in [0.29, 0.717) is 12.6 Å². The Morgan fingerprint density at radius 1 is 1.21 bits per heavy atom. The molecule has 0 aliphatic carbocycles. The van der Waals surface area contributed by atoms with Crippen molar-refractivity contribution in [3.8, 4) is 0 Å². The molecule has 1 rings (SSSR count). The normalized spacial score (nSPS) is 12.9. The van der Waals surface area contributed by atoms with Crippen molar-refractivity contribution in [1.29, 1.82) is 0 Å². The number of rotatable bonds is 9. The predicted molar refractivity (Wildman–Crippen MR) is 79.7 cm³/mol. The molecule has 1 unspecified atom stereocenters. The molecule has 0 aliphatic rings. The Kier molecular flexibility index (Phi) is 7.68. The fraction of sp³-hybridized carbons (Fsp3) is 0.625. The van der Waals surface area contributed by atoms with E-state index in [2.05, 4.69) is 31.1 Å². The van der Waals surface area contributed by atoms with Gasteiger partial charge in [-0.05, 0) is 32.5 Å². The minimum Gasteiger partial charge on any atom is -0.313 e. The first-order chi connectivity index (χ1) is 9.17. The van der Waals surface area contributed by atoms with E-state index < -0.39 is 0 Å². The van der Waals surface area contributed by atoms with Crippen LogP contribution in [0.4, 0.5) is 4.39 Å². The molecule has 0 bridgehead atoms. The number of halogens is 1. The maximum atomic E-state index is 13.6. The van der Waals surface area contributed by atoms with E-state index in [9.17, 15) is 4.39 Å². The van der Waals surface area contributed by atoms with Crippen molar-refractivity contribution in [2.75, 3.05) is 20.1 Å². The molecular formula is C16H27FN2. The lowest BCUT2D eigenvalue weighted by Gasteiger charge is -2.25. The molecule has 0 spiro atoms. The SMILES string of the molecule is CCCNC(CCC)CN(C)Cc1ccccc1F. The minimum atomic E-state index is -0.108. The van der Waals surface area contributed by atoms with Crippen molar-refractivity contribution in [2.24, 2.45) is 0 Å². The van der Waals surface area contributed by atoms with Crippen molar-refractivity contribution in [3.63, 3.8) is 0 Å². The van der Waals surface area contributed by atoms with Crippen LogP contribution in [-0.2, 0) is 6.54 Å². The maximum absolute atomic E-state index is 13.6. The number of nitrogens with one attached hydrogen (secondary N) is 1. The lowest BCUT2D eigenvalue weighted by Crippen LogP contribution is -2.39. The fourth-order valence-corrected chi connectivity index (χ4v) is 2.31. The van der Waals surface area contributed by atoms with Crippen molar-refractivity contribution >= 4 is 0 Å². The quantitative estimate of drug-likeness (QED) is 0.736. The zero-order valence-electron chi connectivity index (χ0n) is 12.5. The van der Waals surface area contributed by atoms with Gasteiger partial charge in [-0.1, -0.05) is 38.5 Å². The van der Waals surface area contributed by atoms with Gasteiger partial charge in [-0.15, -0.1) is 0 Å². The standard InChI is InChI=1S/C16H27FN2/c1-4-8-15(18-11-5-2)13-19(3)12-14-9-6-7-10-16(14)17/h6-7,9-10,15,18H,4-5,8,11-13H2,1-3H3. The first-order valence-electron chi connectivity index (χ1n) is 7.32. The fourth-order valence-electron chi connectivity index (χ4n) is 2.31. The highest BCUT2D eigenvalue weighted by atomic mass is 19.1. The zero-order valence-corrected chi connectivity index (χ0v) is 12.5. The number of hydrogen-bond donors (Lipinski definition) is 1. The van der Waals surface area contributed by atoms with Gasteiger partial charge < -0.3 is 10.2 Å². The van der Waals surface area contributed by atoms with E-state index in [1.807, 2.05) is 12.1 Å². The lowest BCUT2D eigenvalue weighted by molar-refractivity contribution is 0.270. The molecule has 0 saturated carbocycles. The van der Waals surface area contributed by atoms with Crippen LogP contribution < -0.4 is 5.32 Å². The highest BCUT2D eigenvalue weighted by molar-refractivity contribution is 5.16. The van der Waals surface area contributed by atoms with Crippen molar-refractivity contribution in [2.45, 2.75) is 45.7 Å². The predicted octanol–water partition coefficient (Wildman–Crippen LogP) is 3.43. The van der Waals surface area contributed by atoms with Gasteiger partial charge in [0.2, 0.25) is 0 Å². The second-order valence-corrected chi connectivity index (χ2v) is 5.23. The monoisotopic (exact) mass is 266 g/mol. The molecular weight excluding hydrogens is 239 g/mol. The summed E-state index contributed by atoms with van der Waals surface area (Å²) in [6.07, 6.45) is 3.49. The Labute approximate surface area is 117 Å². The Balaban J connectivity index is 2.47. The third-order valence-corrected chi connectivity index (χ3v) is 3.25. The molecule has 1 atom stereocenters. The maximum Gasteiger partial charge on any atom is 0.127 e. The first-order valence-corrected chi connectivity index (χ1v) is 7.32. The molecule has 0 aromatic heterocycles. The van der Waals surface area contributed by atoms with Gasteiger partial charge in [-0.2, -0.15) is 0 Å². The summed E-state index contributed by atoms with van der Waals surface area (Å²) in [7, 11) is 2.06. The summed E-state index contributed by atoms with van der Waals surface area (Å²) in [5.41, 5.74) is 0.774. The minimum absolute atomic E-state index is 0.108. The first kappa shape index (κ1) is 16.1. The third kappa shape index (κ3) is 6.17. The van der Waals surface area contributed by atoms with Crippen LogP contribution in [0, 0.1) is 5.82 Å². The molecule has 1 aromatic rings. The van der Waals surface area contributed by atoms with E-state index >= 15 is 0 Å². The average molecular weight is 266 g/mol. The molecule has 3 heteroatoms. The Morgan fingerprint density at radius 2 is 1.95 bits per heavy atom. The third-order valence-electron chi connectivity index (χ3n) is 3.25. The summed E-state index contributed by atoms with van der Waals surface area (Å²) in [6.45, 7) is 7.07. The van der Waals surface area contributed by atoms with E-state index in [1.165, 1.54) is 18.9 Å². The Hall–Kier alpha value is -0.930. The number of benzene rings is 1. The van der Waals surface area contributed by atoms with Crippen LogP contribution in [0.15, 0.2) is 24.3 Å². The van der Waals surface area contributed by atoms with Crippen LogP contribution in [0.25, 0.3) is 0 Å². The Bertz CT molecular complexity index is 354. The summed E-state index contributed by atoms with van der Waals surface area (Å²) in [4.78, 5) is 2.20. The van der Waals surface area contributed by atoms with Crippen LogP contribution in [0.5, 0.6) is 0 Å². The van der Waals surface area contributed by atoms with Crippen molar-refractivity contribution < 1.29 is 4.39 Å². The molecule has 0 fully saturated rings. The summed E-state index contributed by atoms with van der Waals surface area (Å²) in [5, 5.41) is 3.57. The molecule has 2 nitrogen and oxygen atoms in total. The van der Waals surface area contributed by atoms with Gasteiger partial charge >= 0.3 is 0 Å². The van der Waals surface area contributed by atoms with E-state index in [0.717, 1.165) is 25.1 Å². The number of nitrogens with zero attached hydrogens (tertiary/aromatic N) is 1. The second kappa shape index (κ2) is 9.05. The molecule has 1 aromatic carbocycles. The van der Waals surface area contributed by atoms with Gasteiger partial charge in [0, 0.05) is 24.7 Å². The molecule has 19 heavy (non-hydrogen) atoms. The van der Waals surface area contributed by atoms with E-state index in [1.54, 1.807) is 6.07 Å². The lowest BCUT2D eigenvalue weighted by atomic mass is 10.1. The summed E-state index contributed by atoms with van der Waals surface area (Å²) in [6, 6.07) is 7.52. The highest BCUT2D eigenvalue weighted by Crippen LogP contribution is 2.10. The van der Waals surface area contributed by atoms with E-state index in [4.69, 9.17) is 0 Å². The summed E-state index contributed by atoms with van der Waals surface area (Å²) >= 11 is 0. The largest absolute Gasteiger partial charge is 0.313 e. The molecule has 0 saturated heterocycles. The molecule has 1 N–H and O–H groups in total. The molecule has 108 valence electrons. The Morgan fingerprint density at radius 3 is 2.58 bits per heavy atom. The van der Waals surface area contributed by atoms with Crippen LogP contribution >= 0.6 is 0 Å². The van der Waals surface area contributed by atoms with Crippen molar-refractivity contribution in [1.82, 2.24) is 10.2 Å². The van der Waals surface area contributed by atoms with Crippen molar-refractivity contribution in [3.05, 3.63) is 35.6 Å². The summed E-state index contributed by atoms with van der Waals surface area (Å²) < 4.78 is 13.6. The van der Waals surface area contributed by atoms with Gasteiger partial charge in [-0.25, -0.2) is 4.39 Å². The van der Waals surface area contributed by atoms with Gasteiger partial charge in [-0.3, -0.25) is 0 Å². The molecule has 0 aliphatic heterocycles. The van der Waals surface area contributed by atoms with Gasteiger partial charge in [0.15, 0.2) is 0 Å². The smallest absolute Gasteiger partial charge is 0.127 e. The molecule has 0 radical (unpaired) electrons. The summed E-state index contributed by atoms with van der Waals surface area (Å²) in [5.74, 6) is -0.108. The van der Waals surface area contributed by atoms with Crippen LogP contribution in [-0.4, -0.2) is 31.1 Å². The average Bonchev–Trinajstić information content (AvgIpc) is 2.39. The van der Waals surface area contributed by atoms with E-state index in [-0.39, 0.29) is 5.82 Å². The molecule has 0 heterocycles. The van der Waals surface area contributed by atoms with Gasteiger partial charge in [0.25, 0.3) is 0 Å². The van der Waals surface area contributed by atoms with Gasteiger partial charge in [0.1, 0.15) is 5.82 Å². The second-order valence-electron chi connectivity index (χ2n) is 5.23. The van der Waals surface area contributed by atoms with Gasteiger partial charge in [0.05, 0.1) is 0 Å². The van der Waals surface area contributed by atoms with Crippen LogP contribution in [0.3, 0.4) is 0 Å². The zero-order chi connectivity index (χ0) is 14.1. The highest BCUT2D eigenvalue weighted by Gasteiger charge is 2.11. The number of likely N-dealkylation sites (N-methyl/N-ethyl adjacent to an activating group) is 1. The van der Waals surface area contributed by atoms with Crippen LogP contribution in [0.2, 0.25) is 0 Å². The molecule has 0 amide bonds. The number of hydrogen-bond acceptors (Lipinski definition) is 2.